The highest BCUT2D eigenvalue weighted by Crippen LogP contribution is 2.10. The summed E-state index contributed by atoms with van der Waals surface area (Å²) in [6.07, 6.45) is 0.535. The molecule has 0 aliphatic carbocycles. The highest BCUT2D eigenvalue weighted by Gasteiger charge is 2.28. The van der Waals surface area contributed by atoms with Crippen LogP contribution in [0.3, 0.4) is 0 Å². The highest BCUT2D eigenvalue weighted by atomic mass is 16.7. The van der Waals surface area contributed by atoms with Gasteiger partial charge in [0, 0.05) is 6.08 Å². The van der Waals surface area contributed by atoms with Crippen LogP contribution in [0.2, 0.25) is 0 Å². The third-order valence-corrected chi connectivity index (χ3v) is 2.98. The lowest BCUT2D eigenvalue weighted by atomic mass is 10.1. The monoisotopic (exact) mass is 356 g/mol. The van der Waals surface area contributed by atoms with E-state index in [4.69, 9.17) is 19.3 Å². The second-order valence-electron chi connectivity index (χ2n) is 6.72. The van der Waals surface area contributed by atoms with Crippen LogP contribution in [0.5, 0.6) is 0 Å². The number of hydrogen-bond donors (Lipinski definition) is 2. The number of carboxylic acids is 1. The van der Waals surface area contributed by atoms with Crippen molar-refractivity contribution in [2.24, 2.45) is 10.9 Å². The fourth-order valence-corrected chi connectivity index (χ4v) is 1.79. The van der Waals surface area contributed by atoms with Crippen molar-refractivity contribution in [3.8, 4) is 0 Å². The number of carbonyl (C=O) groups is 3. The minimum Gasteiger partial charge on any atom is -0.478 e. The number of rotatable bonds is 6. The van der Waals surface area contributed by atoms with Gasteiger partial charge in [0.1, 0.15) is 11.6 Å². The lowest BCUT2D eigenvalue weighted by Crippen LogP contribution is -2.47. The molecule has 0 fully saturated rings. The van der Waals surface area contributed by atoms with Crippen LogP contribution >= 0.6 is 0 Å². The second kappa shape index (κ2) is 8.50. The molecule has 1 rings (SSSR count). The van der Waals surface area contributed by atoms with Crippen molar-refractivity contribution in [2.45, 2.75) is 46.3 Å². The number of ether oxygens (including phenoxy) is 3. The number of aliphatic carboxylic acids is 1. The molecule has 1 aliphatic heterocycles. The first-order chi connectivity index (χ1) is 11.5. The minimum absolute atomic E-state index is 0.00737. The van der Waals surface area contributed by atoms with E-state index >= 15 is 0 Å². The molecule has 0 saturated heterocycles. The van der Waals surface area contributed by atoms with E-state index in [0.29, 0.717) is 0 Å². The van der Waals surface area contributed by atoms with Crippen LogP contribution in [-0.2, 0) is 23.8 Å². The van der Waals surface area contributed by atoms with Crippen molar-refractivity contribution >= 4 is 23.9 Å². The van der Waals surface area contributed by atoms with Gasteiger partial charge in [0.15, 0.2) is 0 Å². The standard InChI is InChI=1S/C16H24N2O7/c1-9(2)12(18-15(22)25-16(3,4)5)14(21)24-8-23-11-6-10(7-17-11)13(19)20/h6,9,12H,7-8H2,1-5H3,(H,18,22)(H,19,20)/t12-/m0/s1. The van der Waals surface area contributed by atoms with E-state index in [9.17, 15) is 14.4 Å². The van der Waals surface area contributed by atoms with Gasteiger partial charge in [0.05, 0.1) is 12.1 Å². The first kappa shape index (κ1) is 20.5. The fourth-order valence-electron chi connectivity index (χ4n) is 1.79. The fraction of sp³-hybridized carbons (Fsp3) is 0.625. The van der Waals surface area contributed by atoms with Gasteiger partial charge in [-0.3, -0.25) is 0 Å². The molecule has 1 amide bonds. The molecule has 0 aromatic rings. The Morgan fingerprint density at radius 2 is 1.96 bits per heavy atom. The summed E-state index contributed by atoms with van der Waals surface area (Å²) >= 11 is 0. The number of alkyl carbamates (subject to hydrolysis) is 1. The molecule has 140 valence electrons. The van der Waals surface area contributed by atoms with Gasteiger partial charge in [-0.25, -0.2) is 19.4 Å². The van der Waals surface area contributed by atoms with Crippen LogP contribution in [0.4, 0.5) is 4.79 Å². The SMILES string of the molecule is CC(C)[C@H](NC(=O)OC(C)(C)C)C(=O)OCOC1=NCC(C(=O)O)=C1. The summed E-state index contributed by atoms with van der Waals surface area (Å²) in [7, 11) is 0. The van der Waals surface area contributed by atoms with Crippen LogP contribution in [0.15, 0.2) is 16.6 Å². The number of esters is 1. The number of nitrogens with zero attached hydrogens (tertiary/aromatic N) is 1. The number of carbonyl (C=O) groups excluding carboxylic acids is 2. The zero-order valence-electron chi connectivity index (χ0n) is 15.0. The third kappa shape index (κ3) is 7.23. The molecule has 1 atom stereocenters. The van der Waals surface area contributed by atoms with E-state index in [0.717, 1.165) is 0 Å². The largest absolute Gasteiger partial charge is 0.478 e. The average Bonchev–Trinajstić information content (AvgIpc) is 2.91. The highest BCUT2D eigenvalue weighted by molar-refractivity contribution is 6.01. The van der Waals surface area contributed by atoms with Crippen LogP contribution in [0.1, 0.15) is 34.6 Å². The summed E-state index contributed by atoms with van der Waals surface area (Å²) < 4.78 is 15.2. The zero-order chi connectivity index (χ0) is 19.2. The first-order valence-corrected chi connectivity index (χ1v) is 7.77. The minimum atomic E-state index is -1.08. The molecule has 0 radical (unpaired) electrons. The molecule has 9 nitrogen and oxygen atoms in total. The van der Waals surface area contributed by atoms with E-state index in [1.165, 1.54) is 6.08 Å². The van der Waals surface area contributed by atoms with E-state index in [2.05, 4.69) is 10.3 Å². The maximum absolute atomic E-state index is 12.1. The quantitative estimate of drug-likeness (QED) is 0.545. The first-order valence-electron chi connectivity index (χ1n) is 7.77. The Labute approximate surface area is 146 Å². The lowest BCUT2D eigenvalue weighted by Gasteiger charge is -2.24. The molecule has 0 aromatic carbocycles. The Morgan fingerprint density at radius 3 is 2.44 bits per heavy atom. The average molecular weight is 356 g/mol. The van der Waals surface area contributed by atoms with Crippen LogP contribution in [0, 0.1) is 5.92 Å². The Kier molecular flexibility index (Phi) is 6.96. The Balaban J connectivity index is 2.49. The summed E-state index contributed by atoms with van der Waals surface area (Å²) in [5.41, 5.74) is -0.596. The Morgan fingerprint density at radius 1 is 1.32 bits per heavy atom. The molecule has 2 N–H and O–H groups in total. The summed E-state index contributed by atoms with van der Waals surface area (Å²) in [4.78, 5) is 38.5. The normalized spacial score (nSPS) is 15.1. The maximum atomic E-state index is 12.1. The van der Waals surface area contributed by atoms with Crippen molar-refractivity contribution in [3.05, 3.63) is 11.6 Å². The van der Waals surface area contributed by atoms with Gasteiger partial charge >= 0.3 is 18.0 Å². The maximum Gasteiger partial charge on any atom is 0.408 e. The van der Waals surface area contributed by atoms with E-state index in [1.807, 2.05) is 0 Å². The van der Waals surface area contributed by atoms with Crippen LogP contribution in [-0.4, -0.2) is 54.0 Å². The summed E-state index contributed by atoms with van der Waals surface area (Å²) in [5.74, 6) is -1.93. The zero-order valence-corrected chi connectivity index (χ0v) is 15.0. The number of amides is 1. The number of aliphatic imine (C=N–C) groups is 1. The molecular formula is C16H24N2O7. The molecule has 1 heterocycles. The van der Waals surface area contributed by atoms with E-state index < -0.39 is 36.5 Å². The molecule has 0 bridgehead atoms. The van der Waals surface area contributed by atoms with Crippen molar-refractivity contribution in [2.75, 3.05) is 13.3 Å². The smallest absolute Gasteiger partial charge is 0.408 e. The second-order valence-corrected chi connectivity index (χ2v) is 6.72. The summed E-state index contributed by atoms with van der Waals surface area (Å²) in [5, 5.41) is 11.3. The molecular weight excluding hydrogens is 332 g/mol. The molecule has 0 unspecified atom stereocenters. The third-order valence-electron chi connectivity index (χ3n) is 2.98. The van der Waals surface area contributed by atoms with Crippen molar-refractivity contribution in [1.82, 2.24) is 5.32 Å². The molecule has 0 spiro atoms. The van der Waals surface area contributed by atoms with E-state index in [1.54, 1.807) is 34.6 Å². The topological polar surface area (TPSA) is 124 Å². The number of hydrogen-bond acceptors (Lipinski definition) is 7. The van der Waals surface area contributed by atoms with E-state index in [-0.39, 0.29) is 23.9 Å². The summed E-state index contributed by atoms with van der Waals surface area (Å²) in [6, 6.07) is -0.908. The van der Waals surface area contributed by atoms with Crippen molar-refractivity contribution in [3.63, 3.8) is 0 Å². The van der Waals surface area contributed by atoms with Crippen molar-refractivity contribution in [1.29, 1.82) is 0 Å². The number of nitrogens with one attached hydrogen (secondary N) is 1. The molecule has 0 saturated carbocycles. The molecule has 9 heteroatoms. The molecule has 0 aromatic heterocycles. The number of carboxylic acid groups (broad SMARTS) is 1. The van der Waals surface area contributed by atoms with Gasteiger partial charge < -0.3 is 24.6 Å². The van der Waals surface area contributed by atoms with Crippen molar-refractivity contribution < 1.29 is 33.7 Å². The van der Waals surface area contributed by atoms with Crippen LogP contribution < -0.4 is 5.32 Å². The van der Waals surface area contributed by atoms with Gasteiger partial charge in [-0.1, -0.05) is 13.8 Å². The molecule has 25 heavy (non-hydrogen) atoms. The van der Waals surface area contributed by atoms with Gasteiger partial charge in [0.25, 0.3) is 0 Å². The van der Waals surface area contributed by atoms with Gasteiger partial charge in [-0.05, 0) is 26.7 Å². The predicted molar refractivity (Wildman–Crippen MR) is 88.1 cm³/mol. The van der Waals surface area contributed by atoms with Gasteiger partial charge in [0.2, 0.25) is 12.7 Å². The molecule has 1 aliphatic rings. The summed E-state index contributed by atoms with van der Waals surface area (Å²) in [6.45, 7) is 8.19. The predicted octanol–water partition coefficient (Wildman–Crippen LogP) is 1.48. The van der Waals surface area contributed by atoms with Gasteiger partial charge in [-0.15, -0.1) is 0 Å². The van der Waals surface area contributed by atoms with Crippen LogP contribution in [0.25, 0.3) is 0 Å². The lowest BCUT2D eigenvalue weighted by molar-refractivity contribution is -0.154. The Bertz CT molecular complexity index is 588. The van der Waals surface area contributed by atoms with Gasteiger partial charge in [-0.2, -0.15) is 0 Å². The Hall–Kier alpha value is -2.58.